The van der Waals surface area contributed by atoms with E-state index in [9.17, 15) is 19.8 Å². The number of carbonyl (C=O) groups excluding carboxylic acids is 2. The van der Waals surface area contributed by atoms with Crippen molar-refractivity contribution in [1.82, 2.24) is 5.32 Å². The van der Waals surface area contributed by atoms with E-state index in [0.29, 0.717) is 19.3 Å². The maximum Gasteiger partial charge on any atom is 0.306 e. The predicted octanol–water partition coefficient (Wildman–Crippen LogP) is 13.0. The Bertz CT molecular complexity index is 787. The molecule has 0 aromatic carbocycles. The standard InChI is InChI=1S/C46H89NO5/c1-4-7-10-13-16-19-21-23-26-28-31-34-37-42(52-46(51)39-36-33-30-27-24-22-20-17-14-11-8-5-2)40-45(50)47-43(41-48)44(49)38-35-32-29-25-18-15-12-9-6-3/h17,20,42-44,48-49H,4-16,18-19,21-41H2,1-3H3,(H,47,50)/b20-17-. The smallest absolute Gasteiger partial charge is 0.306 e. The summed E-state index contributed by atoms with van der Waals surface area (Å²) >= 11 is 0. The molecule has 0 rings (SSSR count). The molecule has 308 valence electrons. The summed E-state index contributed by atoms with van der Waals surface area (Å²) in [6.07, 6.45) is 42.7. The van der Waals surface area contributed by atoms with Crippen LogP contribution < -0.4 is 5.32 Å². The van der Waals surface area contributed by atoms with Crippen LogP contribution in [0.2, 0.25) is 0 Å². The van der Waals surface area contributed by atoms with Crippen molar-refractivity contribution in [2.75, 3.05) is 6.61 Å². The average Bonchev–Trinajstić information content (AvgIpc) is 3.13. The first-order valence-corrected chi connectivity index (χ1v) is 22.9. The third-order valence-corrected chi connectivity index (χ3v) is 10.6. The van der Waals surface area contributed by atoms with Crippen LogP contribution in [0.15, 0.2) is 12.2 Å². The highest BCUT2D eigenvalue weighted by Gasteiger charge is 2.24. The van der Waals surface area contributed by atoms with Crippen molar-refractivity contribution < 1.29 is 24.5 Å². The van der Waals surface area contributed by atoms with Gasteiger partial charge in [-0.25, -0.2) is 0 Å². The molecule has 0 saturated carbocycles. The summed E-state index contributed by atoms with van der Waals surface area (Å²) < 4.78 is 5.90. The third-order valence-electron chi connectivity index (χ3n) is 10.6. The zero-order chi connectivity index (χ0) is 38.2. The molecule has 0 aliphatic rings. The van der Waals surface area contributed by atoms with Crippen LogP contribution in [0.25, 0.3) is 0 Å². The third kappa shape index (κ3) is 35.6. The Balaban J connectivity index is 4.58. The Labute approximate surface area is 323 Å². The number of esters is 1. The first-order valence-electron chi connectivity index (χ1n) is 22.9. The number of rotatable bonds is 41. The fourth-order valence-electron chi connectivity index (χ4n) is 7.07. The molecule has 6 heteroatoms. The van der Waals surface area contributed by atoms with Gasteiger partial charge < -0.3 is 20.3 Å². The summed E-state index contributed by atoms with van der Waals surface area (Å²) in [5.74, 6) is -0.475. The zero-order valence-corrected chi connectivity index (χ0v) is 35.0. The topological polar surface area (TPSA) is 95.9 Å². The van der Waals surface area contributed by atoms with Gasteiger partial charge in [0.15, 0.2) is 0 Å². The van der Waals surface area contributed by atoms with Crippen LogP contribution in [0.5, 0.6) is 0 Å². The molecule has 1 amide bonds. The molecule has 3 unspecified atom stereocenters. The lowest BCUT2D eigenvalue weighted by Crippen LogP contribution is -2.46. The number of amides is 1. The van der Waals surface area contributed by atoms with Crippen LogP contribution in [0.1, 0.15) is 245 Å². The van der Waals surface area contributed by atoms with Crippen LogP contribution >= 0.6 is 0 Å². The molecular formula is C46H89NO5. The van der Waals surface area contributed by atoms with Crippen LogP contribution in [0.4, 0.5) is 0 Å². The maximum atomic E-state index is 13.1. The second-order valence-electron chi connectivity index (χ2n) is 15.8. The molecule has 0 heterocycles. The van der Waals surface area contributed by atoms with Gasteiger partial charge in [0.25, 0.3) is 0 Å². The fourth-order valence-corrected chi connectivity index (χ4v) is 7.07. The summed E-state index contributed by atoms with van der Waals surface area (Å²) in [7, 11) is 0. The van der Waals surface area contributed by atoms with Crippen molar-refractivity contribution in [2.24, 2.45) is 0 Å². The van der Waals surface area contributed by atoms with Gasteiger partial charge in [0.1, 0.15) is 6.10 Å². The Morgan fingerprint density at radius 2 is 0.923 bits per heavy atom. The predicted molar refractivity (Wildman–Crippen MR) is 223 cm³/mol. The first-order chi connectivity index (χ1) is 25.5. The highest BCUT2D eigenvalue weighted by molar-refractivity contribution is 5.77. The minimum atomic E-state index is -0.780. The van der Waals surface area contributed by atoms with Gasteiger partial charge in [-0.1, -0.05) is 193 Å². The van der Waals surface area contributed by atoms with Crippen LogP contribution in [-0.4, -0.2) is 46.9 Å². The molecule has 0 aromatic rings. The van der Waals surface area contributed by atoms with E-state index in [1.54, 1.807) is 0 Å². The number of ether oxygens (including phenoxy) is 1. The monoisotopic (exact) mass is 736 g/mol. The van der Waals surface area contributed by atoms with Gasteiger partial charge in [0.05, 0.1) is 25.2 Å². The highest BCUT2D eigenvalue weighted by atomic mass is 16.5. The highest BCUT2D eigenvalue weighted by Crippen LogP contribution is 2.18. The molecular weight excluding hydrogens is 647 g/mol. The Hall–Kier alpha value is -1.40. The fraction of sp³-hybridized carbons (Fsp3) is 0.913. The van der Waals surface area contributed by atoms with E-state index in [2.05, 4.69) is 38.2 Å². The van der Waals surface area contributed by atoms with E-state index in [1.165, 1.54) is 141 Å². The van der Waals surface area contributed by atoms with E-state index in [1.807, 2.05) is 0 Å². The van der Waals surface area contributed by atoms with Gasteiger partial charge in [0.2, 0.25) is 5.91 Å². The normalized spacial score (nSPS) is 13.4. The van der Waals surface area contributed by atoms with Crippen molar-refractivity contribution >= 4 is 11.9 Å². The lowest BCUT2D eigenvalue weighted by atomic mass is 10.0. The lowest BCUT2D eigenvalue weighted by Gasteiger charge is -2.24. The van der Waals surface area contributed by atoms with Crippen molar-refractivity contribution in [3.05, 3.63) is 12.2 Å². The number of carbonyl (C=O) groups is 2. The van der Waals surface area contributed by atoms with Crippen molar-refractivity contribution in [3.8, 4) is 0 Å². The van der Waals surface area contributed by atoms with Crippen molar-refractivity contribution in [1.29, 1.82) is 0 Å². The molecule has 6 nitrogen and oxygen atoms in total. The molecule has 3 N–H and O–H groups in total. The van der Waals surface area contributed by atoms with Crippen molar-refractivity contribution in [3.63, 3.8) is 0 Å². The van der Waals surface area contributed by atoms with Gasteiger partial charge in [-0.2, -0.15) is 0 Å². The summed E-state index contributed by atoms with van der Waals surface area (Å²) in [5, 5.41) is 23.6. The zero-order valence-electron chi connectivity index (χ0n) is 35.0. The number of aliphatic hydroxyl groups excluding tert-OH is 2. The molecule has 0 spiro atoms. The van der Waals surface area contributed by atoms with Crippen LogP contribution in [-0.2, 0) is 14.3 Å². The molecule has 0 aromatic heterocycles. The van der Waals surface area contributed by atoms with E-state index < -0.39 is 18.2 Å². The molecule has 0 radical (unpaired) electrons. The lowest BCUT2D eigenvalue weighted by molar-refractivity contribution is -0.151. The number of unbranched alkanes of at least 4 members (excludes halogenated alkanes) is 27. The number of hydrogen-bond donors (Lipinski definition) is 3. The largest absolute Gasteiger partial charge is 0.462 e. The quantitative estimate of drug-likeness (QED) is 0.0330. The van der Waals surface area contributed by atoms with E-state index in [0.717, 1.165) is 57.8 Å². The van der Waals surface area contributed by atoms with Crippen molar-refractivity contribution in [2.45, 2.75) is 264 Å². The minimum absolute atomic E-state index is 0.0803. The summed E-state index contributed by atoms with van der Waals surface area (Å²) in [6.45, 7) is 6.44. The first kappa shape index (κ1) is 50.6. The number of nitrogens with one attached hydrogen (secondary N) is 1. The molecule has 52 heavy (non-hydrogen) atoms. The van der Waals surface area contributed by atoms with Gasteiger partial charge in [0, 0.05) is 6.42 Å². The Kier molecular flexibility index (Phi) is 39.7. The SMILES string of the molecule is CCCCC/C=C\CCCCCCCC(=O)OC(CCCCCCCCCCCCCC)CC(=O)NC(CO)C(O)CCCCCCCCCCC. The number of aliphatic hydroxyl groups is 2. The Morgan fingerprint density at radius 1 is 0.538 bits per heavy atom. The number of allylic oxidation sites excluding steroid dienone is 2. The minimum Gasteiger partial charge on any atom is -0.462 e. The van der Waals surface area contributed by atoms with Gasteiger partial charge >= 0.3 is 5.97 Å². The molecule has 0 bridgehead atoms. The average molecular weight is 736 g/mol. The molecule has 0 fully saturated rings. The van der Waals surface area contributed by atoms with E-state index in [-0.39, 0.29) is 24.9 Å². The maximum absolute atomic E-state index is 13.1. The summed E-state index contributed by atoms with van der Waals surface area (Å²) in [4.78, 5) is 25.9. The summed E-state index contributed by atoms with van der Waals surface area (Å²) in [6, 6.07) is -0.693. The number of hydrogen-bond acceptors (Lipinski definition) is 5. The second-order valence-corrected chi connectivity index (χ2v) is 15.8. The van der Waals surface area contributed by atoms with Gasteiger partial charge in [-0.15, -0.1) is 0 Å². The van der Waals surface area contributed by atoms with E-state index >= 15 is 0 Å². The van der Waals surface area contributed by atoms with Crippen LogP contribution in [0, 0.1) is 0 Å². The van der Waals surface area contributed by atoms with Gasteiger partial charge in [-0.05, 0) is 51.4 Å². The Morgan fingerprint density at radius 3 is 1.40 bits per heavy atom. The van der Waals surface area contributed by atoms with Gasteiger partial charge in [-0.3, -0.25) is 9.59 Å². The molecule has 0 aliphatic heterocycles. The van der Waals surface area contributed by atoms with E-state index in [4.69, 9.17) is 4.74 Å². The molecule has 0 saturated heterocycles. The molecule has 0 aliphatic carbocycles. The summed E-state index contributed by atoms with van der Waals surface area (Å²) in [5.41, 5.74) is 0. The molecule has 3 atom stereocenters. The van der Waals surface area contributed by atoms with Crippen LogP contribution in [0.3, 0.4) is 0 Å². The second kappa shape index (κ2) is 40.8.